The van der Waals surface area contributed by atoms with Gasteiger partial charge in [0.15, 0.2) is 0 Å². The van der Waals surface area contributed by atoms with Gasteiger partial charge < -0.3 is 15.3 Å². The predicted octanol–water partition coefficient (Wildman–Crippen LogP) is 2.32. The Balaban J connectivity index is 1.34. The van der Waals surface area contributed by atoms with Crippen LogP contribution in [-0.2, 0) is 4.79 Å². The standard InChI is InChI=1S/C16H26N2O3/c19-15(20)12-4-7-18(8-5-12)16(21)17-6-3-14-10-11-1-2-13(14)9-11/h11-14H,1-10H2,(H,17,21)(H,19,20). The normalized spacial score (nSPS) is 32.4. The molecule has 2 bridgehead atoms. The first-order valence-electron chi connectivity index (χ1n) is 8.39. The highest BCUT2D eigenvalue weighted by Gasteiger charge is 2.38. The average Bonchev–Trinajstić information content (AvgIpc) is 3.10. The molecule has 5 heteroatoms. The molecule has 1 aliphatic heterocycles. The number of nitrogens with zero attached hydrogens (tertiary/aromatic N) is 1. The molecule has 2 N–H and O–H groups in total. The van der Waals surface area contributed by atoms with E-state index in [9.17, 15) is 9.59 Å². The summed E-state index contributed by atoms with van der Waals surface area (Å²) in [5.74, 6) is 1.69. The second-order valence-electron chi connectivity index (χ2n) is 7.06. The fourth-order valence-electron chi connectivity index (χ4n) is 4.54. The molecule has 118 valence electrons. The number of amides is 2. The maximum atomic E-state index is 12.1. The monoisotopic (exact) mass is 294 g/mol. The molecule has 0 aromatic carbocycles. The molecule has 5 nitrogen and oxygen atoms in total. The van der Waals surface area contributed by atoms with E-state index in [-0.39, 0.29) is 11.9 Å². The molecule has 21 heavy (non-hydrogen) atoms. The Labute approximate surface area is 126 Å². The highest BCUT2D eigenvalue weighted by molar-refractivity contribution is 5.75. The zero-order valence-corrected chi connectivity index (χ0v) is 12.6. The van der Waals surface area contributed by atoms with Crippen molar-refractivity contribution in [2.75, 3.05) is 19.6 Å². The molecule has 2 saturated carbocycles. The van der Waals surface area contributed by atoms with Gasteiger partial charge in [-0.1, -0.05) is 6.42 Å². The zero-order chi connectivity index (χ0) is 14.8. The lowest BCUT2D eigenvalue weighted by Crippen LogP contribution is -2.45. The van der Waals surface area contributed by atoms with Crippen molar-refractivity contribution in [2.45, 2.75) is 44.9 Å². The van der Waals surface area contributed by atoms with Gasteiger partial charge in [0, 0.05) is 19.6 Å². The Hall–Kier alpha value is -1.26. The van der Waals surface area contributed by atoms with Crippen LogP contribution in [0.3, 0.4) is 0 Å². The van der Waals surface area contributed by atoms with Gasteiger partial charge >= 0.3 is 12.0 Å². The summed E-state index contributed by atoms with van der Waals surface area (Å²) in [5.41, 5.74) is 0. The van der Waals surface area contributed by atoms with Gasteiger partial charge in [0.1, 0.15) is 0 Å². The first-order valence-corrected chi connectivity index (χ1v) is 8.39. The second kappa shape index (κ2) is 6.24. The number of nitrogens with one attached hydrogen (secondary N) is 1. The Morgan fingerprint density at radius 1 is 1.10 bits per heavy atom. The van der Waals surface area contributed by atoms with E-state index in [0.717, 1.165) is 30.7 Å². The van der Waals surface area contributed by atoms with E-state index >= 15 is 0 Å². The van der Waals surface area contributed by atoms with E-state index in [2.05, 4.69) is 5.32 Å². The van der Waals surface area contributed by atoms with Crippen molar-refractivity contribution in [3.63, 3.8) is 0 Å². The minimum atomic E-state index is -0.730. The van der Waals surface area contributed by atoms with Gasteiger partial charge in [-0.2, -0.15) is 0 Å². The van der Waals surface area contributed by atoms with Crippen LogP contribution in [0.1, 0.15) is 44.9 Å². The fourth-order valence-corrected chi connectivity index (χ4v) is 4.54. The number of rotatable bonds is 4. The minimum absolute atomic E-state index is 0.0120. The first kappa shape index (κ1) is 14.7. The number of likely N-dealkylation sites (tertiary alicyclic amines) is 1. The van der Waals surface area contributed by atoms with Crippen LogP contribution in [0.2, 0.25) is 0 Å². The summed E-state index contributed by atoms with van der Waals surface area (Å²) >= 11 is 0. The molecule has 1 saturated heterocycles. The number of carboxylic acid groups (broad SMARTS) is 1. The fraction of sp³-hybridized carbons (Fsp3) is 0.875. The third-order valence-corrected chi connectivity index (χ3v) is 5.81. The van der Waals surface area contributed by atoms with Crippen LogP contribution >= 0.6 is 0 Å². The lowest BCUT2D eigenvalue weighted by atomic mass is 9.86. The predicted molar refractivity (Wildman–Crippen MR) is 78.9 cm³/mol. The quantitative estimate of drug-likeness (QED) is 0.836. The number of carbonyl (C=O) groups is 2. The van der Waals surface area contributed by atoms with Gasteiger partial charge in [-0.25, -0.2) is 4.79 Å². The van der Waals surface area contributed by atoms with Gasteiger partial charge in [-0.3, -0.25) is 4.79 Å². The summed E-state index contributed by atoms with van der Waals surface area (Å²) in [5, 5.41) is 12.0. The summed E-state index contributed by atoms with van der Waals surface area (Å²) < 4.78 is 0. The van der Waals surface area contributed by atoms with E-state index in [0.29, 0.717) is 25.9 Å². The molecule has 0 aromatic rings. The number of aliphatic carboxylic acids is 1. The second-order valence-corrected chi connectivity index (χ2v) is 7.06. The number of carboxylic acids is 1. The van der Waals surface area contributed by atoms with Crippen molar-refractivity contribution in [3.8, 4) is 0 Å². The van der Waals surface area contributed by atoms with E-state index < -0.39 is 5.97 Å². The van der Waals surface area contributed by atoms with Gasteiger partial charge in [0.05, 0.1) is 5.92 Å². The SMILES string of the molecule is O=C(O)C1CCN(C(=O)NCCC2CC3CCC2C3)CC1. The molecule has 3 aliphatic rings. The van der Waals surface area contributed by atoms with Gasteiger partial charge in [0.2, 0.25) is 0 Å². The van der Waals surface area contributed by atoms with E-state index in [1.54, 1.807) is 4.90 Å². The van der Waals surface area contributed by atoms with Crippen molar-refractivity contribution in [1.82, 2.24) is 10.2 Å². The van der Waals surface area contributed by atoms with Crippen LogP contribution < -0.4 is 5.32 Å². The highest BCUT2D eigenvalue weighted by atomic mass is 16.4. The third-order valence-electron chi connectivity index (χ3n) is 5.81. The van der Waals surface area contributed by atoms with Crippen LogP contribution in [0.15, 0.2) is 0 Å². The number of piperidine rings is 1. The Morgan fingerprint density at radius 3 is 2.43 bits per heavy atom. The smallest absolute Gasteiger partial charge is 0.317 e. The van der Waals surface area contributed by atoms with E-state index in [1.165, 1.54) is 25.7 Å². The molecular formula is C16H26N2O3. The maximum absolute atomic E-state index is 12.1. The Kier molecular flexibility index (Phi) is 4.36. The number of fused-ring (bicyclic) bond motifs is 2. The highest BCUT2D eigenvalue weighted by Crippen LogP contribution is 2.49. The van der Waals surface area contributed by atoms with E-state index in [1.807, 2.05) is 0 Å². The molecule has 3 fully saturated rings. The molecule has 3 unspecified atom stereocenters. The molecule has 0 spiro atoms. The average molecular weight is 294 g/mol. The van der Waals surface area contributed by atoms with Crippen molar-refractivity contribution >= 4 is 12.0 Å². The van der Waals surface area contributed by atoms with Crippen molar-refractivity contribution in [3.05, 3.63) is 0 Å². The van der Waals surface area contributed by atoms with Gasteiger partial charge in [-0.15, -0.1) is 0 Å². The van der Waals surface area contributed by atoms with E-state index in [4.69, 9.17) is 5.11 Å². The van der Waals surface area contributed by atoms with Gasteiger partial charge in [0.25, 0.3) is 0 Å². The van der Waals surface area contributed by atoms with Crippen LogP contribution in [0, 0.1) is 23.7 Å². The van der Waals surface area contributed by atoms with Crippen LogP contribution in [0.25, 0.3) is 0 Å². The molecule has 1 heterocycles. The van der Waals surface area contributed by atoms with Crippen molar-refractivity contribution < 1.29 is 14.7 Å². The molecule has 3 atom stereocenters. The lowest BCUT2D eigenvalue weighted by molar-refractivity contribution is -0.143. The first-order chi connectivity index (χ1) is 10.1. The van der Waals surface area contributed by atoms with Gasteiger partial charge in [-0.05, 0) is 56.3 Å². The molecule has 0 aromatic heterocycles. The summed E-state index contributed by atoms with van der Waals surface area (Å²) in [6, 6.07) is -0.0120. The largest absolute Gasteiger partial charge is 0.481 e. The Morgan fingerprint density at radius 2 is 1.86 bits per heavy atom. The van der Waals surface area contributed by atoms with Crippen LogP contribution in [0.5, 0.6) is 0 Å². The molecule has 2 aliphatic carbocycles. The third kappa shape index (κ3) is 3.33. The number of carbonyl (C=O) groups excluding carboxylic acids is 1. The summed E-state index contributed by atoms with van der Waals surface area (Å²) in [4.78, 5) is 24.7. The van der Waals surface area contributed by atoms with Crippen molar-refractivity contribution in [1.29, 1.82) is 0 Å². The Bertz CT molecular complexity index is 404. The molecule has 3 rings (SSSR count). The number of hydrogen-bond acceptors (Lipinski definition) is 2. The summed E-state index contributed by atoms with van der Waals surface area (Å²) in [6.07, 6.45) is 7.87. The molecule has 0 radical (unpaired) electrons. The van der Waals surface area contributed by atoms with Crippen LogP contribution in [0.4, 0.5) is 4.79 Å². The zero-order valence-electron chi connectivity index (χ0n) is 12.6. The molecular weight excluding hydrogens is 268 g/mol. The lowest BCUT2D eigenvalue weighted by Gasteiger charge is -2.30. The van der Waals surface area contributed by atoms with Crippen LogP contribution in [-0.4, -0.2) is 41.6 Å². The summed E-state index contributed by atoms with van der Waals surface area (Å²) in [6.45, 7) is 1.90. The molecule has 2 amide bonds. The van der Waals surface area contributed by atoms with Crippen molar-refractivity contribution in [2.24, 2.45) is 23.7 Å². The minimum Gasteiger partial charge on any atom is -0.481 e. The summed E-state index contributed by atoms with van der Waals surface area (Å²) in [7, 11) is 0. The maximum Gasteiger partial charge on any atom is 0.317 e. The topological polar surface area (TPSA) is 69.6 Å². The number of urea groups is 1. The number of hydrogen-bond donors (Lipinski definition) is 2.